The van der Waals surface area contributed by atoms with Gasteiger partial charge in [0, 0.05) is 5.70 Å². The summed E-state index contributed by atoms with van der Waals surface area (Å²) in [6, 6.07) is 13.0. The van der Waals surface area contributed by atoms with Crippen molar-refractivity contribution >= 4 is 27.8 Å². The first kappa shape index (κ1) is 23.7. The van der Waals surface area contributed by atoms with Crippen molar-refractivity contribution in [2.24, 2.45) is 0 Å². The molecule has 0 amide bonds. The summed E-state index contributed by atoms with van der Waals surface area (Å²) in [4.78, 5) is 13.1. The van der Waals surface area contributed by atoms with Crippen LogP contribution < -0.4 is 14.8 Å². The molecule has 0 saturated heterocycles. The van der Waals surface area contributed by atoms with Gasteiger partial charge in [-0.2, -0.15) is 4.68 Å². The maximum absolute atomic E-state index is 13.1. The van der Waals surface area contributed by atoms with Crippen LogP contribution in [0.5, 0.6) is 11.5 Å². The molecule has 3 aromatic rings. The number of aromatic nitrogens is 4. The average Bonchev–Trinajstić information content (AvgIpc) is 3.25. The summed E-state index contributed by atoms with van der Waals surface area (Å²) in [5.74, 6) is 1.12. The van der Waals surface area contributed by atoms with Gasteiger partial charge in [0.05, 0.1) is 22.8 Å². The van der Waals surface area contributed by atoms with Gasteiger partial charge in [-0.05, 0) is 77.3 Å². The topological polar surface area (TPSA) is 100 Å². The molecule has 0 radical (unpaired) electrons. The molecule has 1 atom stereocenters. The number of carbonyl (C=O) groups is 1. The van der Waals surface area contributed by atoms with Crippen LogP contribution in [-0.4, -0.2) is 38.9 Å². The third kappa shape index (κ3) is 4.91. The second-order valence-corrected chi connectivity index (χ2v) is 8.86. The van der Waals surface area contributed by atoms with Crippen molar-refractivity contribution in [3.05, 3.63) is 69.3 Å². The number of anilines is 1. The van der Waals surface area contributed by atoms with Crippen LogP contribution in [0.4, 0.5) is 5.95 Å². The number of benzene rings is 2. The number of esters is 1. The van der Waals surface area contributed by atoms with E-state index in [0.717, 1.165) is 11.1 Å². The molecule has 178 valence electrons. The maximum atomic E-state index is 13.1. The Labute approximate surface area is 206 Å². The summed E-state index contributed by atoms with van der Waals surface area (Å²) < 4.78 is 19.8. The second kappa shape index (κ2) is 10.3. The first-order valence-corrected chi connectivity index (χ1v) is 11.8. The fraction of sp³-hybridized carbons (Fsp3) is 0.333. The Morgan fingerprint density at radius 2 is 1.97 bits per heavy atom. The molecule has 0 spiro atoms. The number of rotatable bonds is 8. The molecule has 10 heteroatoms. The Morgan fingerprint density at radius 1 is 1.21 bits per heavy atom. The van der Waals surface area contributed by atoms with E-state index in [1.165, 1.54) is 0 Å². The van der Waals surface area contributed by atoms with Crippen LogP contribution in [-0.2, 0) is 16.1 Å². The van der Waals surface area contributed by atoms with Crippen LogP contribution in [0.2, 0.25) is 0 Å². The van der Waals surface area contributed by atoms with Crippen molar-refractivity contribution in [2.45, 2.75) is 46.4 Å². The van der Waals surface area contributed by atoms with Gasteiger partial charge in [0.2, 0.25) is 5.95 Å². The highest BCUT2D eigenvalue weighted by Crippen LogP contribution is 2.43. The molecule has 1 unspecified atom stereocenters. The zero-order chi connectivity index (χ0) is 24.2. The number of allylic oxidation sites excluding steroid dienone is 1. The Balaban J connectivity index is 1.76. The second-order valence-electron chi connectivity index (χ2n) is 8.00. The Hall–Kier alpha value is -3.40. The normalized spacial score (nSPS) is 15.1. The summed E-state index contributed by atoms with van der Waals surface area (Å²) in [6.45, 7) is 8.15. The molecule has 1 aromatic heterocycles. The number of tetrazole rings is 1. The first-order chi connectivity index (χ1) is 16.4. The van der Waals surface area contributed by atoms with E-state index in [2.05, 4.69) is 36.8 Å². The molecule has 2 aromatic carbocycles. The SMILES string of the molecule is CCOc1cc(C2C(C(=O)OC(C)C)=C(C)Nc3nnnn32)cc(Br)c1OCc1ccccc1. The van der Waals surface area contributed by atoms with E-state index in [-0.39, 0.29) is 6.10 Å². The molecule has 0 fully saturated rings. The zero-order valence-corrected chi connectivity index (χ0v) is 21.0. The molecule has 1 aliphatic rings. The third-order valence-corrected chi connectivity index (χ3v) is 5.74. The molecular weight excluding hydrogens is 502 g/mol. The van der Waals surface area contributed by atoms with Crippen LogP contribution >= 0.6 is 15.9 Å². The zero-order valence-electron chi connectivity index (χ0n) is 19.4. The van der Waals surface area contributed by atoms with Gasteiger partial charge in [-0.25, -0.2) is 4.79 Å². The highest BCUT2D eigenvalue weighted by molar-refractivity contribution is 9.10. The van der Waals surface area contributed by atoms with Gasteiger partial charge in [-0.3, -0.25) is 0 Å². The van der Waals surface area contributed by atoms with E-state index >= 15 is 0 Å². The molecule has 9 nitrogen and oxygen atoms in total. The van der Waals surface area contributed by atoms with Crippen molar-refractivity contribution in [3.8, 4) is 11.5 Å². The van der Waals surface area contributed by atoms with Crippen molar-refractivity contribution in [1.82, 2.24) is 20.2 Å². The van der Waals surface area contributed by atoms with Gasteiger partial charge in [-0.15, -0.1) is 0 Å². The first-order valence-electron chi connectivity index (χ1n) is 11.0. The lowest BCUT2D eigenvalue weighted by atomic mass is 9.95. The molecule has 0 saturated carbocycles. The lowest BCUT2D eigenvalue weighted by molar-refractivity contribution is -0.143. The number of hydrogen-bond acceptors (Lipinski definition) is 8. The highest BCUT2D eigenvalue weighted by atomic mass is 79.9. The van der Waals surface area contributed by atoms with E-state index in [4.69, 9.17) is 14.2 Å². The molecule has 0 bridgehead atoms. The molecule has 34 heavy (non-hydrogen) atoms. The van der Waals surface area contributed by atoms with Crippen molar-refractivity contribution in [2.75, 3.05) is 11.9 Å². The maximum Gasteiger partial charge on any atom is 0.338 e. The largest absolute Gasteiger partial charge is 0.490 e. The summed E-state index contributed by atoms with van der Waals surface area (Å²) >= 11 is 3.64. The van der Waals surface area contributed by atoms with Crippen molar-refractivity contribution in [3.63, 3.8) is 0 Å². The Morgan fingerprint density at radius 3 is 2.68 bits per heavy atom. The summed E-state index contributed by atoms with van der Waals surface area (Å²) in [5, 5.41) is 15.0. The van der Waals surface area contributed by atoms with E-state index in [0.29, 0.717) is 46.4 Å². The summed E-state index contributed by atoms with van der Waals surface area (Å²) in [6.07, 6.45) is -0.275. The van der Waals surface area contributed by atoms with E-state index in [9.17, 15) is 4.79 Å². The van der Waals surface area contributed by atoms with Crippen LogP contribution in [0.15, 0.2) is 58.2 Å². The van der Waals surface area contributed by atoms with E-state index in [1.807, 2.05) is 63.2 Å². The fourth-order valence-electron chi connectivity index (χ4n) is 3.74. The number of carbonyl (C=O) groups excluding carboxylic acids is 1. The number of halogens is 1. The number of nitrogens with one attached hydrogen (secondary N) is 1. The molecule has 4 rings (SSSR count). The van der Waals surface area contributed by atoms with Crippen LogP contribution in [0.3, 0.4) is 0 Å². The lowest BCUT2D eigenvalue weighted by Gasteiger charge is -2.28. The van der Waals surface area contributed by atoms with Gasteiger partial charge in [0.1, 0.15) is 12.6 Å². The van der Waals surface area contributed by atoms with Crippen molar-refractivity contribution in [1.29, 1.82) is 0 Å². The van der Waals surface area contributed by atoms with E-state index < -0.39 is 12.0 Å². The van der Waals surface area contributed by atoms with Crippen LogP contribution in [0.25, 0.3) is 0 Å². The highest BCUT2D eigenvalue weighted by Gasteiger charge is 2.36. The Kier molecular flexibility index (Phi) is 7.16. The van der Waals surface area contributed by atoms with Crippen LogP contribution in [0.1, 0.15) is 44.9 Å². The van der Waals surface area contributed by atoms with Gasteiger partial charge in [-0.1, -0.05) is 35.4 Å². The van der Waals surface area contributed by atoms with Gasteiger partial charge < -0.3 is 19.5 Å². The average molecular weight is 528 g/mol. The number of ether oxygens (including phenoxy) is 3. The molecule has 1 N–H and O–H groups in total. The van der Waals surface area contributed by atoms with E-state index in [1.54, 1.807) is 11.6 Å². The molecule has 0 aliphatic carbocycles. The fourth-order valence-corrected chi connectivity index (χ4v) is 4.32. The number of nitrogens with zero attached hydrogens (tertiary/aromatic N) is 4. The predicted molar refractivity (Wildman–Crippen MR) is 130 cm³/mol. The number of hydrogen-bond donors (Lipinski definition) is 1. The summed E-state index contributed by atoms with van der Waals surface area (Å²) in [7, 11) is 0. The monoisotopic (exact) mass is 527 g/mol. The summed E-state index contributed by atoms with van der Waals surface area (Å²) in [5.41, 5.74) is 2.82. The van der Waals surface area contributed by atoms with Gasteiger partial charge >= 0.3 is 5.97 Å². The predicted octanol–water partition coefficient (Wildman–Crippen LogP) is 4.65. The quantitative estimate of drug-likeness (QED) is 0.422. The minimum absolute atomic E-state index is 0.275. The van der Waals surface area contributed by atoms with Crippen molar-refractivity contribution < 1.29 is 19.0 Å². The minimum Gasteiger partial charge on any atom is -0.490 e. The van der Waals surface area contributed by atoms with Gasteiger partial charge in [0.25, 0.3) is 0 Å². The standard InChI is InChI=1S/C24H26BrN5O4/c1-5-32-19-12-17(11-18(25)22(19)33-13-16-9-7-6-8-10-16)21-20(23(31)34-14(2)3)15(4)26-24-27-28-29-30(21)24/h6-12,14,21H,5,13H2,1-4H3,(H,26,27,29). The Bertz CT molecular complexity index is 1210. The number of fused-ring (bicyclic) bond motifs is 1. The molecule has 1 aliphatic heterocycles. The third-order valence-electron chi connectivity index (χ3n) is 5.15. The van der Waals surface area contributed by atoms with Crippen LogP contribution in [0, 0.1) is 0 Å². The lowest BCUT2D eigenvalue weighted by Crippen LogP contribution is -2.30. The van der Waals surface area contributed by atoms with Gasteiger partial charge in [0.15, 0.2) is 11.5 Å². The minimum atomic E-state index is -0.615. The smallest absolute Gasteiger partial charge is 0.338 e. The molecule has 2 heterocycles. The molecular formula is C24H26BrN5O4.